The molecule has 0 amide bonds. The number of hydrogen-bond acceptors (Lipinski definition) is 5. The fourth-order valence-corrected chi connectivity index (χ4v) is 2.19. The van der Waals surface area contributed by atoms with E-state index >= 15 is 0 Å². The van der Waals surface area contributed by atoms with Gasteiger partial charge in [-0.2, -0.15) is 0 Å². The van der Waals surface area contributed by atoms with E-state index in [0.717, 1.165) is 65.3 Å². The van der Waals surface area contributed by atoms with Crippen molar-refractivity contribution in [1.82, 2.24) is 10.2 Å². The van der Waals surface area contributed by atoms with E-state index in [1.165, 1.54) is 0 Å². The molecular weight excluding hydrogens is 423 g/mol. The number of unbranched alkanes of at least 4 members (excludes halogenated alkanes) is 1. The van der Waals surface area contributed by atoms with E-state index in [0.29, 0.717) is 32.3 Å². The SMILES string of the molecule is CCCCOCCOCCNC(N)=NCCCN1CCOCC1.I. The molecule has 1 saturated heterocycles. The van der Waals surface area contributed by atoms with E-state index in [4.69, 9.17) is 19.9 Å². The third-order valence-electron chi connectivity index (χ3n) is 3.59. The number of nitrogens with two attached hydrogens (primary N) is 1. The average Bonchev–Trinajstić information content (AvgIpc) is 2.58. The number of aliphatic imine (C=N–C) groups is 1. The minimum absolute atomic E-state index is 0. The first-order valence-corrected chi connectivity index (χ1v) is 8.82. The van der Waals surface area contributed by atoms with Gasteiger partial charge in [0.05, 0.1) is 33.0 Å². The van der Waals surface area contributed by atoms with Crippen LogP contribution in [-0.4, -0.2) is 83.2 Å². The van der Waals surface area contributed by atoms with E-state index in [-0.39, 0.29) is 24.0 Å². The van der Waals surface area contributed by atoms with Gasteiger partial charge in [0.25, 0.3) is 0 Å². The van der Waals surface area contributed by atoms with Gasteiger partial charge in [0.2, 0.25) is 0 Å². The maximum Gasteiger partial charge on any atom is 0.188 e. The van der Waals surface area contributed by atoms with Gasteiger partial charge in [-0.3, -0.25) is 9.89 Å². The van der Waals surface area contributed by atoms with Crippen LogP contribution in [0.2, 0.25) is 0 Å². The van der Waals surface area contributed by atoms with Gasteiger partial charge in [-0.15, -0.1) is 24.0 Å². The molecule has 0 aromatic rings. The molecule has 7 nitrogen and oxygen atoms in total. The summed E-state index contributed by atoms with van der Waals surface area (Å²) in [5, 5.41) is 3.06. The van der Waals surface area contributed by atoms with Crippen molar-refractivity contribution in [1.29, 1.82) is 0 Å². The average molecular weight is 458 g/mol. The molecule has 144 valence electrons. The second-order valence-electron chi connectivity index (χ2n) is 5.58. The first-order valence-electron chi connectivity index (χ1n) is 8.82. The predicted molar refractivity (Wildman–Crippen MR) is 108 cm³/mol. The fraction of sp³-hybridized carbons (Fsp3) is 0.938. The Hall–Kier alpha value is -0.160. The standard InChI is InChI=1S/C16H34N4O3.HI/c1-2-3-10-21-14-15-22-11-6-19-16(17)18-5-4-7-20-8-12-23-13-9-20;/h2-15H2,1H3,(H3,17,18,19);1H. The molecule has 0 bridgehead atoms. The number of hydrogen-bond donors (Lipinski definition) is 2. The molecule has 0 spiro atoms. The van der Waals surface area contributed by atoms with Crippen LogP contribution in [0, 0.1) is 0 Å². The van der Waals surface area contributed by atoms with Crippen molar-refractivity contribution in [3.8, 4) is 0 Å². The van der Waals surface area contributed by atoms with Crippen LogP contribution < -0.4 is 11.1 Å². The smallest absolute Gasteiger partial charge is 0.188 e. The second-order valence-corrected chi connectivity index (χ2v) is 5.58. The van der Waals surface area contributed by atoms with Gasteiger partial charge in [0, 0.05) is 39.3 Å². The summed E-state index contributed by atoms with van der Waals surface area (Å²) >= 11 is 0. The summed E-state index contributed by atoms with van der Waals surface area (Å²) < 4.78 is 16.2. The lowest BCUT2D eigenvalue weighted by Crippen LogP contribution is -2.37. The lowest BCUT2D eigenvalue weighted by atomic mass is 10.3. The van der Waals surface area contributed by atoms with Crippen LogP contribution in [-0.2, 0) is 14.2 Å². The van der Waals surface area contributed by atoms with Crippen molar-refractivity contribution in [3.05, 3.63) is 0 Å². The Morgan fingerprint density at radius 1 is 1.12 bits per heavy atom. The first kappa shape index (κ1) is 23.8. The van der Waals surface area contributed by atoms with E-state index in [1.54, 1.807) is 0 Å². The van der Waals surface area contributed by atoms with E-state index < -0.39 is 0 Å². The van der Waals surface area contributed by atoms with Crippen molar-refractivity contribution in [3.63, 3.8) is 0 Å². The molecule has 1 fully saturated rings. The monoisotopic (exact) mass is 458 g/mol. The highest BCUT2D eigenvalue weighted by Crippen LogP contribution is 1.97. The van der Waals surface area contributed by atoms with Gasteiger partial charge < -0.3 is 25.3 Å². The van der Waals surface area contributed by atoms with Gasteiger partial charge in [-0.05, 0) is 12.8 Å². The summed E-state index contributed by atoms with van der Waals surface area (Å²) in [4.78, 5) is 6.72. The molecule has 0 saturated carbocycles. The van der Waals surface area contributed by atoms with Crippen LogP contribution in [0.4, 0.5) is 0 Å². The first-order chi connectivity index (χ1) is 11.3. The highest BCUT2D eigenvalue weighted by atomic mass is 127. The van der Waals surface area contributed by atoms with Crippen molar-refractivity contribution >= 4 is 29.9 Å². The van der Waals surface area contributed by atoms with E-state index in [9.17, 15) is 0 Å². The molecule has 0 aromatic carbocycles. The summed E-state index contributed by atoms with van der Waals surface area (Å²) in [5.41, 5.74) is 5.81. The van der Waals surface area contributed by atoms with Gasteiger partial charge in [-0.1, -0.05) is 13.3 Å². The molecule has 0 aromatic heterocycles. The number of nitrogens with zero attached hydrogens (tertiary/aromatic N) is 2. The molecule has 1 heterocycles. The Bertz CT molecular complexity index is 303. The zero-order valence-corrected chi connectivity index (χ0v) is 17.3. The number of rotatable bonds is 13. The number of halogens is 1. The number of ether oxygens (including phenoxy) is 3. The zero-order chi connectivity index (χ0) is 16.6. The molecule has 0 atom stereocenters. The van der Waals surface area contributed by atoms with Crippen molar-refractivity contribution in [2.75, 3.05) is 72.4 Å². The van der Waals surface area contributed by atoms with Crippen molar-refractivity contribution in [2.45, 2.75) is 26.2 Å². The van der Waals surface area contributed by atoms with E-state index in [2.05, 4.69) is 22.1 Å². The molecule has 0 radical (unpaired) electrons. The van der Waals surface area contributed by atoms with Crippen LogP contribution in [0.15, 0.2) is 4.99 Å². The Balaban J connectivity index is 0.00000529. The Kier molecular flexibility index (Phi) is 17.5. The summed E-state index contributed by atoms with van der Waals surface area (Å²) in [7, 11) is 0. The maximum atomic E-state index is 5.81. The van der Waals surface area contributed by atoms with Crippen molar-refractivity contribution in [2.24, 2.45) is 10.7 Å². The Morgan fingerprint density at radius 2 is 1.83 bits per heavy atom. The highest BCUT2D eigenvalue weighted by molar-refractivity contribution is 14.0. The Morgan fingerprint density at radius 3 is 2.54 bits per heavy atom. The number of guanidine groups is 1. The van der Waals surface area contributed by atoms with Gasteiger partial charge >= 0.3 is 0 Å². The van der Waals surface area contributed by atoms with Gasteiger partial charge in [-0.25, -0.2) is 0 Å². The molecular formula is C16H35IN4O3. The third-order valence-corrected chi connectivity index (χ3v) is 3.59. The minimum atomic E-state index is 0. The second kappa shape index (κ2) is 17.7. The fourth-order valence-electron chi connectivity index (χ4n) is 2.19. The van der Waals surface area contributed by atoms with Crippen LogP contribution in [0.5, 0.6) is 0 Å². The largest absolute Gasteiger partial charge is 0.379 e. The predicted octanol–water partition coefficient (Wildman–Crippen LogP) is 1.06. The molecule has 24 heavy (non-hydrogen) atoms. The number of morpholine rings is 1. The summed E-state index contributed by atoms with van der Waals surface area (Å²) in [5.74, 6) is 0.495. The maximum absolute atomic E-state index is 5.81. The zero-order valence-electron chi connectivity index (χ0n) is 15.0. The van der Waals surface area contributed by atoms with Gasteiger partial charge in [0.15, 0.2) is 5.96 Å². The quantitative estimate of drug-likeness (QED) is 0.186. The molecule has 0 unspecified atom stereocenters. The summed E-state index contributed by atoms with van der Waals surface area (Å²) in [6, 6.07) is 0. The lowest BCUT2D eigenvalue weighted by molar-refractivity contribution is 0.0377. The van der Waals surface area contributed by atoms with Gasteiger partial charge in [0.1, 0.15) is 0 Å². The summed E-state index contributed by atoms with van der Waals surface area (Å²) in [6.07, 6.45) is 3.30. The molecule has 3 N–H and O–H groups in total. The van der Waals surface area contributed by atoms with Crippen LogP contribution in [0.1, 0.15) is 26.2 Å². The normalized spacial score (nSPS) is 16.0. The van der Waals surface area contributed by atoms with Crippen LogP contribution in [0.25, 0.3) is 0 Å². The molecule has 0 aliphatic carbocycles. The Labute approximate surface area is 163 Å². The lowest BCUT2D eigenvalue weighted by Gasteiger charge is -2.26. The molecule has 8 heteroatoms. The topological polar surface area (TPSA) is 81.3 Å². The molecule has 1 rings (SSSR count). The highest BCUT2D eigenvalue weighted by Gasteiger charge is 2.08. The van der Waals surface area contributed by atoms with Crippen LogP contribution >= 0.6 is 24.0 Å². The summed E-state index contributed by atoms with van der Waals surface area (Å²) in [6.45, 7) is 11.1. The van der Waals surface area contributed by atoms with Crippen LogP contribution in [0.3, 0.4) is 0 Å². The minimum Gasteiger partial charge on any atom is -0.379 e. The molecule has 1 aliphatic rings. The van der Waals surface area contributed by atoms with E-state index in [1.807, 2.05) is 0 Å². The third kappa shape index (κ3) is 14.2. The van der Waals surface area contributed by atoms with Crippen molar-refractivity contribution < 1.29 is 14.2 Å². The number of nitrogens with one attached hydrogen (secondary N) is 1. The molecule has 1 aliphatic heterocycles.